The zero-order valence-electron chi connectivity index (χ0n) is 11.7. The van der Waals surface area contributed by atoms with E-state index in [2.05, 4.69) is 20.6 Å². The molecule has 0 unspecified atom stereocenters. The predicted octanol–water partition coefficient (Wildman–Crippen LogP) is 1.79. The minimum Gasteiger partial charge on any atom is -0.272 e. The molecule has 3 aromatic heterocycles. The molecule has 3 rings (SSSR count). The molecular weight excluding hydrogens is 342 g/mol. The zero-order chi connectivity index (χ0) is 15.7. The maximum Gasteiger partial charge on any atom is 0.281 e. The molecule has 0 saturated heterocycles. The van der Waals surface area contributed by atoms with Crippen molar-refractivity contribution in [3.63, 3.8) is 0 Å². The Morgan fingerprint density at radius 1 is 1.45 bits per heavy atom. The standard InChI is InChI=1S/C12H11N5O2S3/c1-6-7(2)22-10-9(6)11(19)17(4-13-10)16-8(18)3-20-12-15-14-5-21-12/h4-5H,3H2,1-2H3,(H,16,18). The van der Waals surface area contributed by atoms with Gasteiger partial charge in [0.25, 0.3) is 5.56 Å². The minimum atomic E-state index is -0.298. The van der Waals surface area contributed by atoms with Crippen LogP contribution in [0.15, 0.2) is 21.0 Å². The number of nitrogens with zero attached hydrogens (tertiary/aromatic N) is 4. The zero-order valence-corrected chi connectivity index (χ0v) is 14.1. The molecule has 114 valence electrons. The molecule has 7 nitrogen and oxygen atoms in total. The highest BCUT2D eigenvalue weighted by molar-refractivity contribution is 8.01. The van der Waals surface area contributed by atoms with E-state index >= 15 is 0 Å². The average Bonchev–Trinajstić information content (AvgIpc) is 3.09. The number of carbonyl (C=O) groups is 1. The van der Waals surface area contributed by atoms with Gasteiger partial charge in [0.05, 0.1) is 11.1 Å². The lowest BCUT2D eigenvalue weighted by Gasteiger charge is -2.06. The van der Waals surface area contributed by atoms with Gasteiger partial charge in [-0.05, 0) is 19.4 Å². The summed E-state index contributed by atoms with van der Waals surface area (Å²) >= 11 is 4.11. The van der Waals surface area contributed by atoms with E-state index in [1.54, 1.807) is 5.51 Å². The molecular formula is C12H11N5O2S3. The van der Waals surface area contributed by atoms with Crippen molar-refractivity contribution in [2.24, 2.45) is 0 Å². The Bertz CT molecular complexity index is 884. The molecule has 0 aliphatic rings. The van der Waals surface area contributed by atoms with Crippen LogP contribution < -0.4 is 11.0 Å². The number of aromatic nitrogens is 4. The van der Waals surface area contributed by atoms with Gasteiger partial charge in [0.1, 0.15) is 16.7 Å². The SMILES string of the molecule is Cc1sc2ncn(NC(=O)CSc3nncs3)c(=O)c2c1C. The van der Waals surface area contributed by atoms with Crippen molar-refractivity contribution in [3.05, 3.63) is 32.6 Å². The number of thiophene rings is 1. The van der Waals surface area contributed by atoms with Crippen molar-refractivity contribution in [3.8, 4) is 0 Å². The van der Waals surface area contributed by atoms with Gasteiger partial charge >= 0.3 is 0 Å². The first-order valence-electron chi connectivity index (χ1n) is 6.22. The van der Waals surface area contributed by atoms with E-state index in [0.29, 0.717) is 14.6 Å². The van der Waals surface area contributed by atoms with Crippen molar-refractivity contribution in [2.75, 3.05) is 11.2 Å². The Morgan fingerprint density at radius 2 is 2.27 bits per heavy atom. The highest BCUT2D eigenvalue weighted by atomic mass is 32.2. The summed E-state index contributed by atoms with van der Waals surface area (Å²) in [7, 11) is 0. The quantitative estimate of drug-likeness (QED) is 0.719. The Balaban J connectivity index is 1.79. The summed E-state index contributed by atoms with van der Waals surface area (Å²) in [4.78, 5) is 30.3. The lowest BCUT2D eigenvalue weighted by Crippen LogP contribution is -2.34. The van der Waals surface area contributed by atoms with Gasteiger partial charge < -0.3 is 0 Å². The number of nitrogens with one attached hydrogen (secondary N) is 1. The number of hydrogen-bond acceptors (Lipinski definition) is 8. The monoisotopic (exact) mass is 353 g/mol. The fourth-order valence-electron chi connectivity index (χ4n) is 1.83. The third-order valence-corrected chi connectivity index (χ3v) is 5.98. The van der Waals surface area contributed by atoms with Gasteiger partial charge in [0, 0.05) is 4.88 Å². The largest absolute Gasteiger partial charge is 0.281 e. The summed E-state index contributed by atoms with van der Waals surface area (Å²) in [5.41, 5.74) is 4.79. The molecule has 1 N–H and O–H groups in total. The smallest absolute Gasteiger partial charge is 0.272 e. The molecule has 22 heavy (non-hydrogen) atoms. The molecule has 0 aliphatic heterocycles. The van der Waals surface area contributed by atoms with Crippen LogP contribution in [0.2, 0.25) is 0 Å². The van der Waals surface area contributed by atoms with Crippen LogP contribution in [0.4, 0.5) is 0 Å². The summed E-state index contributed by atoms with van der Waals surface area (Å²) in [5.74, 6) is -0.144. The highest BCUT2D eigenvalue weighted by Crippen LogP contribution is 2.25. The first-order valence-corrected chi connectivity index (χ1v) is 8.90. The summed E-state index contributed by atoms with van der Waals surface area (Å²) in [5, 5.41) is 8.09. The Kier molecular flexibility index (Phi) is 4.23. The summed E-state index contributed by atoms with van der Waals surface area (Å²) in [6.45, 7) is 3.83. The lowest BCUT2D eigenvalue weighted by molar-refractivity contribution is -0.114. The number of amides is 1. The topological polar surface area (TPSA) is 89.8 Å². The van der Waals surface area contributed by atoms with E-state index in [1.165, 1.54) is 40.8 Å². The van der Waals surface area contributed by atoms with Gasteiger partial charge in [0.15, 0.2) is 4.34 Å². The van der Waals surface area contributed by atoms with Crippen LogP contribution in [0.1, 0.15) is 10.4 Å². The van der Waals surface area contributed by atoms with Gasteiger partial charge in [-0.1, -0.05) is 23.1 Å². The molecule has 0 atom stereocenters. The van der Waals surface area contributed by atoms with Crippen molar-refractivity contribution in [2.45, 2.75) is 18.2 Å². The molecule has 1 amide bonds. The lowest BCUT2D eigenvalue weighted by atomic mass is 10.2. The molecule has 0 aromatic carbocycles. The second-order valence-electron chi connectivity index (χ2n) is 4.41. The second-order valence-corrected chi connectivity index (χ2v) is 7.67. The van der Waals surface area contributed by atoms with E-state index in [0.717, 1.165) is 15.1 Å². The fourth-order valence-corrected chi connectivity index (χ4v) is 4.10. The molecule has 0 fully saturated rings. The van der Waals surface area contributed by atoms with Crippen LogP contribution >= 0.6 is 34.4 Å². The van der Waals surface area contributed by atoms with Gasteiger partial charge in [-0.15, -0.1) is 21.5 Å². The van der Waals surface area contributed by atoms with E-state index in [9.17, 15) is 9.59 Å². The van der Waals surface area contributed by atoms with Crippen LogP contribution in [0, 0.1) is 13.8 Å². The second kappa shape index (κ2) is 6.15. The Labute approximate surface area is 137 Å². The molecule has 10 heteroatoms. The molecule has 0 spiro atoms. The number of carbonyl (C=O) groups excluding carboxylic acids is 1. The van der Waals surface area contributed by atoms with Gasteiger partial charge in [-0.25, -0.2) is 9.66 Å². The van der Waals surface area contributed by atoms with E-state index in [-0.39, 0.29) is 17.2 Å². The van der Waals surface area contributed by atoms with E-state index in [1.807, 2.05) is 13.8 Å². The molecule has 0 radical (unpaired) electrons. The number of fused-ring (bicyclic) bond motifs is 1. The minimum absolute atomic E-state index is 0.154. The summed E-state index contributed by atoms with van der Waals surface area (Å²) in [6.07, 6.45) is 1.34. The van der Waals surface area contributed by atoms with Crippen molar-refractivity contribution in [1.29, 1.82) is 0 Å². The number of thioether (sulfide) groups is 1. The third-order valence-electron chi connectivity index (χ3n) is 3.00. The van der Waals surface area contributed by atoms with Crippen LogP contribution in [-0.4, -0.2) is 31.5 Å². The summed E-state index contributed by atoms with van der Waals surface area (Å²) < 4.78 is 1.84. The first-order chi connectivity index (χ1) is 10.6. The highest BCUT2D eigenvalue weighted by Gasteiger charge is 2.13. The molecule has 0 saturated carbocycles. The van der Waals surface area contributed by atoms with Crippen molar-refractivity contribution >= 4 is 50.6 Å². The van der Waals surface area contributed by atoms with Gasteiger partial charge in [-0.2, -0.15) is 0 Å². The van der Waals surface area contributed by atoms with Crippen LogP contribution in [0.3, 0.4) is 0 Å². The Hall–Kier alpha value is -1.78. The number of aryl methyl sites for hydroxylation is 2. The maximum atomic E-state index is 12.4. The molecule has 3 heterocycles. The van der Waals surface area contributed by atoms with Crippen molar-refractivity contribution in [1.82, 2.24) is 19.9 Å². The molecule has 3 aromatic rings. The third kappa shape index (κ3) is 2.89. The summed E-state index contributed by atoms with van der Waals surface area (Å²) in [6, 6.07) is 0. The average molecular weight is 353 g/mol. The predicted molar refractivity (Wildman–Crippen MR) is 88.4 cm³/mol. The Morgan fingerprint density at radius 3 is 3.00 bits per heavy atom. The van der Waals surface area contributed by atoms with Crippen molar-refractivity contribution < 1.29 is 4.79 Å². The van der Waals surface area contributed by atoms with E-state index in [4.69, 9.17) is 0 Å². The van der Waals surface area contributed by atoms with Crippen LogP contribution in [-0.2, 0) is 4.79 Å². The van der Waals surface area contributed by atoms with Crippen LogP contribution in [0.5, 0.6) is 0 Å². The normalized spacial score (nSPS) is 11.0. The number of hydrogen-bond donors (Lipinski definition) is 1. The molecule has 0 bridgehead atoms. The first kappa shape index (κ1) is 15.1. The van der Waals surface area contributed by atoms with Crippen LogP contribution in [0.25, 0.3) is 10.2 Å². The fraction of sp³-hybridized carbons (Fsp3) is 0.250. The van der Waals surface area contributed by atoms with Gasteiger partial charge in [0.2, 0.25) is 5.91 Å². The number of rotatable bonds is 4. The van der Waals surface area contributed by atoms with E-state index < -0.39 is 0 Å². The maximum absolute atomic E-state index is 12.4. The molecule has 0 aliphatic carbocycles. The van der Waals surface area contributed by atoms with Gasteiger partial charge in [-0.3, -0.25) is 15.0 Å².